The number of hydrogen-bond donors (Lipinski definition) is 3. The first-order chi connectivity index (χ1) is 2.81. The van der Waals surface area contributed by atoms with Crippen LogP contribution in [0.4, 0.5) is 0 Å². The SMILES string of the molecule is CNC(O)CO. The van der Waals surface area contributed by atoms with Gasteiger partial charge in [0.25, 0.3) is 0 Å². The zero-order chi connectivity index (χ0) is 4.99. The zero-order valence-electron chi connectivity index (χ0n) is 3.68. The summed E-state index contributed by atoms with van der Waals surface area (Å²) in [5.74, 6) is 0. The average Bonchev–Trinajstić information content (AvgIpc) is 1.65. The van der Waals surface area contributed by atoms with Gasteiger partial charge in [0.2, 0.25) is 0 Å². The van der Waals surface area contributed by atoms with E-state index >= 15 is 0 Å². The number of hydrogen-bond acceptors (Lipinski definition) is 3. The van der Waals surface area contributed by atoms with E-state index in [4.69, 9.17) is 10.2 Å². The van der Waals surface area contributed by atoms with E-state index in [9.17, 15) is 0 Å². The van der Waals surface area contributed by atoms with Crippen LogP contribution in [0, 0.1) is 0 Å². The van der Waals surface area contributed by atoms with Crippen LogP contribution in [-0.4, -0.2) is 30.1 Å². The fraction of sp³-hybridized carbons (Fsp3) is 1.00. The Morgan fingerprint density at radius 2 is 2.33 bits per heavy atom. The molecule has 3 N–H and O–H groups in total. The van der Waals surface area contributed by atoms with Gasteiger partial charge in [0.05, 0.1) is 6.61 Å². The summed E-state index contributed by atoms with van der Waals surface area (Å²) in [5.41, 5.74) is 0. The molecular weight excluding hydrogens is 82.0 g/mol. The summed E-state index contributed by atoms with van der Waals surface area (Å²) in [6.07, 6.45) is -0.759. The Morgan fingerprint density at radius 1 is 1.83 bits per heavy atom. The minimum atomic E-state index is -0.759. The van der Waals surface area contributed by atoms with E-state index in [2.05, 4.69) is 5.32 Å². The van der Waals surface area contributed by atoms with Gasteiger partial charge in [-0.05, 0) is 7.05 Å². The van der Waals surface area contributed by atoms with E-state index in [1.54, 1.807) is 7.05 Å². The van der Waals surface area contributed by atoms with Gasteiger partial charge < -0.3 is 10.2 Å². The maximum atomic E-state index is 8.31. The highest BCUT2D eigenvalue weighted by Crippen LogP contribution is 1.63. The normalized spacial score (nSPS) is 14.5. The molecule has 0 aromatic rings. The fourth-order valence-electron chi connectivity index (χ4n) is 0.0913. The first-order valence-electron chi connectivity index (χ1n) is 1.77. The lowest BCUT2D eigenvalue weighted by molar-refractivity contribution is 0.0747. The van der Waals surface area contributed by atoms with Gasteiger partial charge >= 0.3 is 0 Å². The Kier molecular flexibility index (Phi) is 3.02. The fourth-order valence-corrected chi connectivity index (χ4v) is 0.0913. The van der Waals surface area contributed by atoms with Crippen molar-refractivity contribution in [2.24, 2.45) is 0 Å². The van der Waals surface area contributed by atoms with Crippen molar-refractivity contribution in [3.05, 3.63) is 0 Å². The van der Waals surface area contributed by atoms with Crippen LogP contribution in [0.2, 0.25) is 0 Å². The first-order valence-corrected chi connectivity index (χ1v) is 1.77. The van der Waals surface area contributed by atoms with Gasteiger partial charge in [0.1, 0.15) is 6.23 Å². The lowest BCUT2D eigenvalue weighted by atomic mass is 10.6. The van der Waals surface area contributed by atoms with Gasteiger partial charge in [-0.1, -0.05) is 0 Å². The van der Waals surface area contributed by atoms with Crippen molar-refractivity contribution in [3.63, 3.8) is 0 Å². The first kappa shape index (κ1) is 5.88. The molecule has 1 unspecified atom stereocenters. The molecule has 0 aromatic carbocycles. The predicted molar refractivity (Wildman–Crippen MR) is 22.2 cm³/mol. The molecule has 3 heteroatoms. The van der Waals surface area contributed by atoms with Crippen molar-refractivity contribution in [1.29, 1.82) is 0 Å². The van der Waals surface area contributed by atoms with Crippen molar-refractivity contribution in [3.8, 4) is 0 Å². The Morgan fingerprint density at radius 3 is 2.33 bits per heavy atom. The molecule has 0 heterocycles. The number of likely N-dealkylation sites (N-methyl/N-ethyl adjacent to an activating group) is 1. The lowest BCUT2D eigenvalue weighted by Gasteiger charge is -2.00. The van der Waals surface area contributed by atoms with E-state index in [-0.39, 0.29) is 6.61 Å². The van der Waals surface area contributed by atoms with Crippen LogP contribution >= 0.6 is 0 Å². The Labute approximate surface area is 36.6 Å². The van der Waals surface area contributed by atoms with E-state index in [1.807, 2.05) is 0 Å². The van der Waals surface area contributed by atoms with E-state index in [0.29, 0.717) is 0 Å². The van der Waals surface area contributed by atoms with Crippen LogP contribution < -0.4 is 5.32 Å². The molecule has 38 valence electrons. The van der Waals surface area contributed by atoms with Crippen molar-refractivity contribution in [1.82, 2.24) is 5.32 Å². The molecule has 0 aliphatic rings. The summed E-state index contributed by atoms with van der Waals surface area (Å²) in [6.45, 7) is -0.226. The summed E-state index contributed by atoms with van der Waals surface area (Å²) < 4.78 is 0. The van der Waals surface area contributed by atoms with Gasteiger partial charge in [-0.15, -0.1) is 0 Å². The summed E-state index contributed by atoms with van der Waals surface area (Å²) in [7, 11) is 1.57. The van der Waals surface area contributed by atoms with E-state index < -0.39 is 6.23 Å². The highest BCUT2D eigenvalue weighted by atomic mass is 16.3. The Balaban J connectivity index is 2.75. The maximum absolute atomic E-state index is 8.31. The van der Waals surface area contributed by atoms with Gasteiger partial charge in [0.15, 0.2) is 0 Å². The number of aliphatic hydroxyl groups excluding tert-OH is 2. The second-order valence-corrected chi connectivity index (χ2v) is 0.987. The Bertz CT molecular complexity index is 28.0. The van der Waals surface area contributed by atoms with Crippen molar-refractivity contribution in [2.45, 2.75) is 6.23 Å². The van der Waals surface area contributed by atoms with Crippen LogP contribution in [0.1, 0.15) is 0 Å². The lowest BCUT2D eigenvalue weighted by Crippen LogP contribution is -2.27. The average molecular weight is 91.1 g/mol. The maximum Gasteiger partial charge on any atom is 0.128 e. The van der Waals surface area contributed by atoms with Crippen LogP contribution in [0.3, 0.4) is 0 Å². The highest BCUT2D eigenvalue weighted by molar-refractivity contribution is 4.38. The summed E-state index contributed by atoms with van der Waals surface area (Å²) >= 11 is 0. The molecule has 0 spiro atoms. The molecule has 0 fully saturated rings. The van der Waals surface area contributed by atoms with Crippen molar-refractivity contribution < 1.29 is 10.2 Å². The van der Waals surface area contributed by atoms with E-state index in [1.165, 1.54) is 0 Å². The molecule has 3 nitrogen and oxygen atoms in total. The zero-order valence-corrected chi connectivity index (χ0v) is 3.68. The van der Waals surface area contributed by atoms with Crippen LogP contribution in [0.5, 0.6) is 0 Å². The monoisotopic (exact) mass is 91.1 g/mol. The van der Waals surface area contributed by atoms with Crippen molar-refractivity contribution >= 4 is 0 Å². The number of aliphatic hydroxyl groups is 2. The molecule has 0 saturated carbocycles. The second kappa shape index (κ2) is 3.08. The molecular formula is C3H9NO2. The summed E-state index contributed by atoms with van der Waals surface area (Å²) in [4.78, 5) is 0. The molecule has 0 aromatic heterocycles. The predicted octanol–water partition coefficient (Wildman–Crippen LogP) is -1.48. The molecule has 0 rings (SSSR count). The quantitative estimate of drug-likeness (QED) is 0.363. The third-order valence-corrected chi connectivity index (χ3v) is 0.506. The smallest absolute Gasteiger partial charge is 0.128 e. The highest BCUT2D eigenvalue weighted by Gasteiger charge is 1.90. The van der Waals surface area contributed by atoms with Gasteiger partial charge in [0, 0.05) is 0 Å². The molecule has 0 aliphatic heterocycles. The van der Waals surface area contributed by atoms with E-state index in [0.717, 1.165) is 0 Å². The number of rotatable bonds is 2. The molecule has 0 radical (unpaired) electrons. The molecule has 6 heavy (non-hydrogen) atoms. The molecule has 1 atom stereocenters. The molecule has 0 saturated heterocycles. The van der Waals surface area contributed by atoms with Crippen LogP contribution in [0.25, 0.3) is 0 Å². The van der Waals surface area contributed by atoms with Crippen molar-refractivity contribution in [2.75, 3.05) is 13.7 Å². The van der Waals surface area contributed by atoms with Gasteiger partial charge in [-0.3, -0.25) is 5.32 Å². The van der Waals surface area contributed by atoms with Crippen LogP contribution in [0.15, 0.2) is 0 Å². The molecule has 0 aliphatic carbocycles. The Hall–Kier alpha value is -0.120. The number of nitrogens with one attached hydrogen (secondary N) is 1. The summed E-state index contributed by atoms with van der Waals surface area (Å²) in [5, 5.41) is 18.7. The van der Waals surface area contributed by atoms with Crippen LogP contribution in [-0.2, 0) is 0 Å². The largest absolute Gasteiger partial charge is 0.392 e. The summed E-state index contributed by atoms with van der Waals surface area (Å²) in [6, 6.07) is 0. The second-order valence-electron chi connectivity index (χ2n) is 0.987. The third-order valence-electron chi connectivity index (χ3n) is 0.506. The van der Waals surface area contributed by atoms with Gasteiger partial charge in [-0.25, -0.2) is 0 Å². The minimum Gasteiger partial charge on any atom is -0.392 e. The molecule has 0 bridgehead atoms. The molecule has 0 amide bonds. The van der Waals surface area contributed by atoms with Gasteiger partial charge in [-0.2, -0.15) is 0 Å². The minimum absolute atomic E-state index is 0.226. The standard InChI is InChI=1S/C3H9NO2/c1-4-3(6)2-5/h3-6H,2H2,1H3. The topological polar surface area (TPSA) is 52.5 Å². The third kappa shape index (κ3) is 2.14.